The molecule has 1 aromatic carbocycles. The van der Waals surface area contributed by atoms with Gasteiger partial charge in [0.1, 0.15) is 5.69 Å². The average Bonchev–Trinajstić information content (AvgIpc) is 2.25. The fourth-order valence-corrected chi connectivity index (χ4v) is 1.32. The quantitative estimate of drug-likeness (QED) is 0.532. The van der Waals surface area contributed by atoms with Gasteiger partial charge in [0, 0.05) is 11.1 Å². The second-order valence-electron chi connectivity index (χ2n) is 3.12. The van der Waals surface area contributed by atoms with Gasteiger partial charge in [-0.3, -0.25) is 10.1 Å². The van der Waals surface area contributed by atoms with Gasteiger partial charge in [0.05, 0.1) is 24.2 Å². The molecule has 0 bridgehead atoms. The zero-order valence-electron chi connectivity index (χ0n) is 8.26. The van der Waals surface area contributed by atoms with E-state index in [1.807, 2.05) is 0 Å². The van der Waals surface area contributed by atoms with Crippen molar-refractivity contribution >= 4 is 23.0 Å². The standard InChI is InChI=1S/C9H11ClN2O4/c10-6-1-2-9(12(15)16)8(3-6)11-7(4-13)5-14/h1-3,7,11,13-14H,4-5H2. The van der Waals surface area contributed by atoms with Crippen molar-refractivity contribution < 1.29 is 15.1 Å². The van der Waals surface area contributed by atoms with Crippen molar-refractivity contribution in [2.45, 2.75) is 6.04 Å². The predicted molar refractivity (Wildman–Crippen MR) is 59.7 cm³/mol. The number of hydrogen-bond donors (Lipinski definition) is 3. The van der Waals surface area contributed by atoms with E-state index in [-0.39, 0.29) is 24.6 Å². The first kappa shape index (κ1) is 12.7. The molecule has 0 aromatic heterocycles. The van der Waals surface area contributed by atoms with Gasteiger partial charge in [-0.15, -0.1) is 0 Å². The predicted octanol–water partition coefficient (Wildman–Crippen LogP) is 1.01. The van der Waals surface area contributed by atoms with Crippen molar-refractivity contribution in [3.05, 3.63) is 33.3 Å². The molecule has 0 radical (unpaired) electrons. The minimum atomic E-state index is -0.655. The molecule has 7 heteroatoms. The maximum absolute atomic E-state index is 10.7. The van der Waals surface area contributed by atoms with Crippen LogP contribution < -0.4 is 5.32 Å². The second-order valence-corrected chi connectivity index (χ2v) is 3.56. The van der Waals surface area contributed by atoms with Crippen molar-refractivity contribution in [1.29, 1.82) is 0 Å². The monoisotopic (exact) mass is 246 g/mol. The number of benzene rings is 1. The van der Waals surface area contributed by atoms with E-state index in [0.29, 0.717) is 5.02 Å². The number of nitrogens with zero attached hydrogens (tertiary/aromatic N) is 1. The molecule has 0 atom stereocenters. The summed E-state index contributed by atoms with van der Waals surface area (Å²) < 4.78 is 0. The Bertz CT molecular complexity index is 382. The van der Waals surface area contributed by atoms with E-state index in [0.717, 1.165) is 0 Å². The summed E-state index contributed by atoms with van der Waals surface area (Å²) in [6.07, 6.45) is 0. The summed E-state index contributed by atoms with van der Waals surface area (Å²) in [4.78, 5) is 10.1. The van der Waals surface area contributed by atoms with Crippen LogP contribution in [0.3, 0.4) is 0 Å². The first-order chi connectivity index (χ1) is 7.58. The van der Waals surface area contributed by atoms with Gasteiger partial charge in [0.2, 0.25) is 0 Å². The van der Waals surface area contributed by atoms with Crippen molar-refractivity contribution in [2.75, 3.05) is 18.5 Å². The van der Waals surface area contributed by atoms with E-state index < -0.39 is 11.0 Å². The van der Waals surface area contributed by atoms with Crippen molar-refractivity contribution in [2.24, 2.45) is 0 Å². The van der Waals surface area contributed by atoms with Crippen LogP contribution in [0.15, 0.2) is 18.2 Å². The highest BCUT2D eigenvalue weighted by atomic mass is 35.5. The molecular weight excluding hydrogens is 236 g/mol. The first-order valence-electron chi connectivity index (χ1n) is 4.50. The highest BCUT2D eigenvalue weighted by Gasteiger charge is 2.16. The minimum Gasteiger partial charge on any atom is -0.394 e. The highest BCUT2D eigenvalue weighted by molar-refractivity contribution is 6.31. The summed E-state index contributed by atoms with van der Waals surface area (Å²) in [6.45, 7) is -0.666. The largest absolute Gasteiger partial charge is 0.394 e. The Labute approximate surface area is 96.6 Å². The van der Waals surface area contributed by atoms with E-state index in [9.17, 15) is 10.1 Å². The van der Waals surface area contributed by atoms with Crippen LogP contribution in [0.25, 0.3) is 0 Å². The Morgan fingerprint density at radius 2 is 2.06 bits per heavy atom. The lowest BCUT2D eigenvalue weighted by Gasteiger charge is -2.14. The fraction of sp³-hybridized carbons (Fsp3) is 0.333. The van der Waals surface area contributed by atoms with Crippen LogP contribution in [0.2, 0.25) is 5.02 Å². The fourth-order valence-electron chi connectivity index (χ4n) is 1.15. The van der Waals surface area contributed by atoms with Crippen LogP contribution in [0.5, 0.6) is 0 Å². The molecule has 0 saturated heterocycles. The Hall–Kier alpha value is -1.37. The zero-order chi connectivity index (χ0) is 12.1. The third-order valence-electron chi connectivity index (χ3n) is 1.96. The molecule has 0 saturated carbocycles. The van der Waals surface area contributed by atoms with Gasteiger partial charge in [0.15, 0.2) is 0 Å². The molecule has 0 aliphatic rings. The maximum atomic E-state index is 10.7. The SMILES string of the molecule is O=[N+]([O-])c1ccc(Cl)cc1NC(CO)CO. The molecule has 16 heavy (non-hydrogen) atoms. The van der Waals surface area contributed by atoms with E-state index in [2.05, 4.69) is 5.32 Å². The first-order valence-corrected chi connectivity index (χ1v) is 4.88. The van der Waals surface area contributed by atoms with Crippen LogP contribution >= 0.6 is 11.6 Å². The van der Waals surface area contributed by atoms with Crippen molar-refractivity contribution in [3.8, 4) is 0 Å². The summed E-state index contributed by atoms with van der Waals surface area (Å²) in [6, 6.07) is 3.38. The summed E-state index contributed by atoms with van der Waals surface area (Å²) in [5.74, 6) is 0. The van der Waals surface area contributed by atoms with Gasteiger partial charge < -0.3 is 15.5 Å². The van der Waals surface area contributed by atoms with Gasteiger partial charge in [-0.2, -0.15) is 0 Å². The molecule has 0 heterocycles. The Morgan fingerprint density at radius 1 is 1.44 bits per heavy atom. The molecule has 0 fully saturated rings. The number of anilines is 1. The topological polar surface area (TPSA) is 95.6 Å². The molecule has 0 aliphatic carbocycles. The minimum absolute atomic E-state index is 0.156. The van der Waals surface area contributed by atoms with E-state index in [4.69, 9.17) is 21.8 Å². The average molecular weight is 247 g/mol. The number of hydrogen-bond acceptors (Lipinski definition) is 5. The normalized spacial score (nSPS) is 10.5. The summed E-state index contributed by atoms with van der Waals surface area (Å²) in [5, 5.41) is 31.4. The number of nitro groups is 1. The van der Waals surface area contributed by atoms with Crippen LogP contribution in [0.1, 0.15) is 0 Å². The number of nitro benzene ring substituents is 1. The maximum Gasteiger partial charge on any atom is 0.292 e. The van der Waals surface area contributed by atoms with E-state index >= 15 is 0 Å². The second kappa shape index (κ2) is 5.64. The van der Waals surface area contributed by atoms with Crippen molar-refractivity contribution in [3.63, 3.8) is 0 Å². The van der Waals surface area contributed by atoms with Gasteiger partial charge in [-0.1, -0.05) is 11.6 Å². The Kier molecular flexibility index (Phi) is 4.48. The van der Waals surface area contributed by atoms with E-state index in [1.54, 1.807) is 0 Å². The smallest absolute Gasteiger partial charge is 0.292 e. The molecule has 1 rings (SSSR count). The lowest BCUT2D eigenvalue weighted by molar-refractivity contribution is -0.384. The zero-order valence-corrected chi connectivity index (χ0v) is 9.02. The Morgan fingerprint density at radius 3 is 2.56 bits per heavy atom. The number of halogens is 1. The molecule has 0 amide bonds. The number of rotatable bonds is 5. The van der Waals surface area contributed by atoms with Crippen molar-refractivity contribution in [1.82, 2.24) is 0 Å². The molecule has 0 spiro atoms. The molecular formula is C9H11ClN2O4. The summed E-state index contributed by atoms with van der Waals surface area (Å²) in [7, 11) is 0. The molecule has 1 aromatic rings. The molecule has 3 N–H and O–H groups in total. The third-order valence-corrected chi connectivity index (χ3v) is 2.19. The highest BCUT2D eigenvalue weighted by Crippen LogP contribution is 2.27. The number of aliphatic hydroxyl groups excluding tert-OH is 2. The molecule has 88 valence electrons. The van der Waals surface area contributed by atoms with Crippen LogP contribution in [0, 0.1) is 10.1 Å². The molecule has 0 aliphatic heterocycles. The van der Waals surface area contributed by atoms with Gasteiger partial charge >= 0.3 is 0 Å². The lowest BCUT2D eigenvalue weighted by Crippen LogP contribution is -2.27. The van der Waals surface area contributed by atoms with Gasteiger partial charge in [-0.25, -0.2) is 0 Å². The molecule has 0 unspecified atom stereocenters. The number of aliphatic hydroxyl groups is 2. The third kappa shape index (κ3) is 3.06. The lowest BCUT2D eigenvalue weighted by atomic mass is 10.2. The van der Waals surface area contributed by atoms with Crippen LogP contribution in [0.4, 0.5) is 11.4 Å². The summed E-state index contributed by atoms with van der Waals surface area (Å²) >= 11 is 5.70. The van der Waals surface area contributed by atoms with Gasteiger partial charge in [0.25, 0.3) is 5.69 Å². The number of nitrogens with one attached hydrogen (secondary N) is 1. The van der Waals surface area contributed by atoms with E-state index in [1.165, 1.54) is 18.2 Å². The Balaban J connectivity index is 3.00. The van der Waals surface area contributed by atoms with Crippen LogP contribution in [-0.2, 0) is 0 Å². The van der Waals surface area contributed by atoms with Gasteiger partial charge in [-0.05, 0) is 12.1 Å². The molecule has 6 nitrogen and oxygen atoms in total. The summed E-state index contributed by atoms with van der Waals surface area (Å²) in [5.41, 5.74) is 0.0156. The van der Waals surface area contributed by atoms with Crippen LogP contribution in [-0.4, -0.2) is 34.4 Å².